The van der Waals surface area contributed by atoms with E-state index in [9.17, 15) is 9.59 Å². The molecule has 0 bridgehead atoms. The third kappa shape index (κ3) is 3.91. The summed E-state index contributed by atoms with van der Waals surface area (Å²) in [6.45, 7) is 6.76. The van der Waals surface area contributed by atoms with Crippen molar-refractivity contribution in [2.75, 3.05) is 33.4 Å². The average Bonchev–Trinajstić information content (AvgIpc) is 2.81. The second-order valence-corrected chi connectivity index (χ2v) is 6.40. The molecule has 2 aliphatic heterocycles. The van der Waals surface area contributed by atoms with Crippen LogP contribution in [0.3, 0.4) is 0 Å². The number of hydrogen-bond donors (Lipinski definition) is 2. The number of amides is 2. The van der Waals surface area contributed by atoms with Crippen molar-refractivity contribution in [2.24, 2.45) is 5.41 Å². The smallest absolute Gasteiger partial charge is 0.245 e. The third-order valence-corrected chi connectivity index (χ3v) is 4.63. The molecule has 0 aromatic carbocycles. The Morgan fingerprint density at radius 3 is 2.59 bits per heavy atom. The summed E-state index contributed by atoms with van der Waals surface area (Å²) in [4.78, 5) is 26.8. The topological polar surface area (TPSA) is 70.7 Å². The molecule has 0 spiro atoms. The van der Waals surface area contributed by atoms with E-state index in [1.165, 1.54) is 0 Å². The van der Waals surface area contributed by atoms with Crippen LogP contribution in [0.5, 0.6) is 0 Å². The van der Waals surface area contributed by atoms with Gasteiger partial charge in [-0.15, -0.1) is 12.4 Å². The second-order valence-electron chi connectivity index (χ2n) is 6.40. The molecule has 128 valence electrons. The number of hydrogen-bond acceptors (Lipinski definition) is 4. The highest BCUT2D eigenvalue weighted by molar-refractivity contribution is 5.91. The minimum absolute atomic E-state index is 0. The van der Waals surface area contributed by atoms with Crippen LogP contribution < -0.4 is 10.6 Å². The lowest BCUT2D eigenvalue weighted by Gasteiger charge is -2.36. The van der Waals surface area contributed by atoms with E-state index in [0.717, 1.165) is 32.5 Å². The Hall–Kier alpha value is -0.850. The number of piperidine rings is 1. The fraction of sp³-hybridized carbons (Fsp3) is 0.867. The SMILES string of the molecule is COCC1(C(=O)NC2CCN(C(C)C)C2=O)CCNCC1.Cl. The van der Waals surface area contributed by atoms with Gasteiger partial charge in [0, 0.05) is 19.7 Å². The van der Waals surface area contributed by atoms with Crippen LogP contribution in [0.4, 0.5) is 0 Å². The van der Waals surface area contributed by atoms with Crippen LogP contribution in [-0.2, 0) is 14.3 Å². The normalized spacial score (nSPS) is 24.3. The Balaban J connectivity index is 0.00000242. The number of ether oxygens (including phenoxy) is 1. The van der Waals surface area contributed by atoms with E-state index < -0.39 is 5.41 Å². The van der Waals surface area contributed by atoms with Gasteiger partial charge in [0.1, 0.15) is 6.04 Å². The minimum Gasteiger partial charge on any atom is -0.384 e. The van der Waals surface area contributed by atoms with Gasteiger partial charge in [0.25, 0.3) is 0 Å². The molecule has 6 nitrogen and oxygen atoms in total. The van der Waals surface area contributed by atoms with Crippen molar-refractivity contribution >= 4 is 24.2 Å². The number of methoxy groups -OCH3 is 1. The second kappa shape index (κ2) is 8.13. The highest BCUT2D eigenvalue weighted by Gasteiger charge is 2.43. The Morgan fingerprint density at radius 1 is 1.45 bits per heavy atom. The van der Waals surface area contributed by atoms with Crippen LogP contribution in [-0.4, -0.2) is 62.1 Å². The van der Waals surface area contributed by atoms with Gasteiger partial charge in [-0.2, -0.15) is 0 Å². The van der Waals surface area contributed by atoms with Crippen LogP contribution in [0, 0.1) is 5.41 Å². The number of nitrogens with zero attached hydrogens (tertiary/aromatic N) is 1. The van der Waals surface area contributed by atoms with Gasteiger partial charge >= 0.3 is 0 Å². The van der Waals surface area contributed by atoms with Gasteiger partial charge in [0.15, 0.2) is 0 Å². The molecule has 0 aromatic rings. The van der Waals surface area contributed by atoms with Crippen LogP contribution >= 0.6 is 12.4 Å². The van der Waals surface area contributed by atoms with Crippen LogP contribution in [0.25, 0.3) is 0 Å². The van der Waals surface area contributed by atoms with Gasteiger partial charge < -0.3 is 20.3 Å². The number of likely N-dealkylation sites (tertiary alicyclic amines) is 1. The molecule has 2 saturated heterocycles. The predicted molar refractivity (Wildman–Crippen MR) is 87.1 cm³/mol. The van der Waals surface area contributed by atoms with Crippen molar-refractivity contribution in [1.82, 2.24) is 15.5 Å². The number of halogens is 1. The molecule has 2 aliphatic rings. The molecule has 22 heavy (non-hydrogen) atoms. The first-order chi connectivity index (χ1) is 10.00. The Morgan fingerprint density at radius 2 is 2.09 bits per heavy atom. The first kappa shape index (κ1) is 19.2. The van der Waals surface area contributed by atoms with E-state index in [0.29, 0.717) is 13.0 Å². The van der Waals surface area contributed by atoms with Gasteiger partial charge in [-0.3, -0.25) is 9.59 Å². The molecule has 0 saturated carbocycles. The van der Waals surface area contributed by atoms with E-state index in [-0.39, 0.29) is 36.3 Å². The average molecular weight is 334 g/mol. The molecule has 2 rings (SSSR count). The molecule has 0 aliphatic carbocycles. The highest BCUT2D eigenvalue weighted by Crippen LogP contribution is 2.30. The van der Waals surface area contributed by atoms with E-state index in [4.69, 9.17) is 4.74 Å². The zero-order valence-corrected chi connectivity index (χ0v) is 14.5. The fourth-order valence-electron chi connectivity index (χ4n) is 3.28. The number of rotatable bonds is 5. The maximum absolute atomic E-state index is 12.7. The number of carbonyl (C=O) groups excluding carboxylic acids is 2. The summed E-state index contributed by atoms with van der Waals surface area (Å²) in [7, 11) is 1.62. The first-order valence-electron chi connectivity index (χ1n) is 7.81. The van der Waals surface area contributed by atoms with Crippen LogP contribution in [0.1, 0.15) is 33.1 Å². The summed E-state index contributed by atoms with van der Waals surface area (Å²) in [5, 5.41) is 6.24. The third-order valence-electron chi connectivity index (χ3n) is 4.63. The minimum atomic E-state index is -0.495. The van der Waals surface area contributed by atoms with Gasteiger partial charge in [0.05, 0.1) is 12.0 Å². The van der Waals surface area contributed by atoms with Crippen molar-refractivity contribution < 1.29 is 14.3 Å². The zero-order chi connectivity index (χ0) is 15.5. The Bertz CT molecular complexity index is 392. The lowest BCUT2D eigenvalue weighted by atomic mass is 9.78. The molecule has 2 N–H and O–H groups in total. The van der Waals surface area contributed by atoms with Crippen LogP contribution in [0.2, 0.25) is 0 Å². The summed E-state index contributed by atoms with van der Waals surface area (Å²) in [5.41, 5.74) is -0.495. The summed E-state index contributed by atoms with van der Waals surface area (Å²) in [6.07, 6.45) is 2.20. The van der Waals surface area contributed by atoms with E-state index in [1.54, 1.807) is 7.11 Å². The van der Waals surface area contributed by atoms with E-state index in [2.05, 4.69) is 10.6 Å². The van der Waals surface area contributed by atoms with Crippen LogP contribution in [0.15, 0.2) is 0 Å². The summed E-state index contributed by atoms with van der Waals surface area (Å²) >= 11 is 0. The maximum Gasteiger partial charge on any atom is 0.245 e. The van der Waals surface area contributed by atoms with Crippen molar-refractivity contribution in [3.63, 3.8) is 0 Å². The van der Waals surface area contributed by atoms with E-state index >= 15 is 0 Å². The first-order valence-corrected chi connectivity index (χ1v) is 7.81. The Labute approximate surface area is 138 Å². The van der Waals surface area contributed by atoms with Gasteiger partial charge in [0.2, 0.25) is 11.8 Å². The predicted octanol–water partition coefficient (Wildman–Crippen LogP) is 0.550. The molecule has 0 aromatic heterocycles. The summed E-state index contributed by atoms with van der Waals surface area (Å²) in [5.74, 6) is 0.00894. The summed E-state index contributed by atoms with van der Waals surface area (Å²) in [6, 6.07) is -0.185. The van der Waals surface area contributed by atoms with Crippen molar-refractivity contribution in [1.29, 1.82) is 0 Å². The monoisotopic (exact) mass is 333 g/mol. The largest absolute Gasteiger partial charge is 0.384 e. The molecule has 7 heteroatoms. The molecule has 2 fully saturated rings. The van der Waals surface area contributed by atoms with E-state index in [1.807, 2.05) is 18.7 Å². The molecule has 1 unspecified atom stereocenters. The van der Waals surface area contributed by atoms with Crippen molar-refractivity contribution in [3.05, 3.63) is 0 Å². The number of carbonyl (C=O) groups is 2. The Kier molecular flexibility index (Phi) is 7.09. The van der Waals surface area contributed by atoms with Gasteiger partial charge in [-0.25, -0.2) is 0 Å². The molecule has 2 amide bonds. The molecule has 0 radical (unpaired) electrons. The molecular formula is C15H28ClN3O3. The van der Waals surface area contributed by atoms with Crippen molar-refractivity contribution in [3.8, 4) is 0 Å². The fourth-order valence-corrected chi connectivity index (χ4v) is 3.28. The summed E-state index contributed by atoms with van der Waals surface area (Å²) < 4.78 is 5.27. The lowest BCUT2D eigenvalue weighted by molar-refractivity contribution is -0.140. The number of nitrogens with one attached hydrogen (secondary N) is 2. The van der Waals surface area contributed by atoms with Gasteiger partial charge in [-0.1, -0.05) is 0 Å². The maximum atomic E-state index is 12.7. The highest BCUT2D eigenvalue weighted by atomic mass is 35.5. The molecule has 1 atom stereocenters. The lowest BCUT2D eigenvalue weighted by Crippen LogP contribution is -2.54. The molecule has 2 heterocycles. The van der Waals surface area contributed by atoms with Crippen molar-refractivity contribution in [2.45, 2.75) is 45.2 Å². The standard InChI is InChI=1S/C15H27N3O3.ClH/c1-11(2)18-9-4-12(13(18)19)17-14(20)15(10-21-3)5-7-16-8-6-15;/h11-12,16H,4-10H2,1-3H3,(H,17,20);1H. The van der Waals surface area contributed by atoms with Gasteiger partial charge in [-0.05, 0) is 46.2 Å². The molecular weight excluding hydrogens is 306 g/mol. The quantitative estimate of drug-likeness (QED) is 0.771. The zero-order valence-electron chi connectivity index (χ0n) is 13.7.